The van der Waals surface area contributed by atoms with Gasteiger partial charge in [-0.1, -0.05) is 30.3 Å². The van der Waals surface area contributed by atoms with Crippen LogP contribution in [0.5, 0.6) is 5.75 Å². The van der Waals surface area contributed by atoms with Gasteiger partial charge in [-0.05, 0) is 29.8 Å². The molecule has 0 spiro atoms. The van der Waals surface area contributed by atoms with Gasteiger partial charge in [0.25, 0.3) is 0 Å². The summed E-state index contributed by atoms with van der Waals surface area (Å²) >= 11 is 0. The molecule has 0 radical (unpaired) electrons. The third-order valence-electron chi connectivity index (χ3n) is 3.24. The number of nitrogens with zero attached hydrogens (tertiary/aromatic N) is 1. The lowest BCUT2D eigenvalue weighted by Gasteiger charge is -2.18. The number of hydrogen-bond donors (Lipinski definition) is 1. The molecule has 110 valence electrons. The van der Waals surface area contributed by atoms with E-state index in [0.717, 1.165) is 17.0 Å². The highest BCUT2D eigenvalue weighted by Gasteiger charge is 2.11. The summed E-state index contributed by atoms with van der Waals surface area (Å²) in [6.45, 7) is 0.830. The summed E-state index contributed by atoms with van der Waals surface area (Å²) in [6.07, 6.45) is 0.332. The third-order valence-corrected chi connectivity index (χ3v) is 3.24. The molecule has 0 heterocycles. The molecule has 2 aromatic carbocycles. The first-order valence-corrected chi connectivity index (χ1v) is 6.94. The predicted octanol–water partition coefficient (Wildman–Crippen LogP) is 2.58. The Balaban J connectivity index is 1.87. The Hall–Kier alpha value is -2.33. The van der Waals surface area contributed by atoms with Crippen molar-refractivity contribution in [3.63, 3.8) is 0 Å². The fraction of sp³-hybridized carbons (Fsp3) is 0.235. The Morgan fingerprint density at radius 1 is 1.14 bits per heavy atom. The Morgan fingerprint density at radius 2 is 1.90 bits per heavy atom. The summed E-state index contributed by atoms with van der Waals surface area (Å²) in [6, 6.07) is 17.2. The van der Waals surface area contributed by atoms with E-state index in [2.05, 4.69) is 0 Å². The van der Waals surface area contributed by atoms with Gasteiger partial charge in [0, 0.05) is 19.3 Å². The highest BCUT2D eigenvalue weighted by molar-refractivity contribution is 5.92. The van der Waals surface area contributed by atoms with Crippen LogP contribution in [0.3, 0.4) is 0 Å². The van der Waals surface area contributed by atoms with Crippen molar-refractivity contribution in [3.05, 3.63) is 60.2 Å². The summed E-state index contributed by atoms with van der Waals surface area (Å²) in [5, 5.41) is 0. The minimum Gasteiger partial charge on any atom is -0.493 e. The molecule has 0 unspecified atom stereocenters. The van der Waals surface area contributed by atoms with Gasteiger partial charge in [0.15, 0.2) is 0 Å². The Bertz CT molecular complexity index is 584. The van der Waals surface area contributed by atoms with Gasteiger partial charge < -0.3 is 15.4 Å². The summed E-state index contributed by atoms with van der Waals surface area (Å²) < 4.78 is 5.54. The number of para-hydroxylation sites is 1. The molecule has 1 amide bonds. The lowest BCUT2D eigenvalue weighted by atomic mass is 10.2. The zero-order valence-electron chi connectivity index (χ0n) is 12.2. The topological polar surface area (TPSA) is 55.6 Å². The van der Waals surface area contributed by atoms with Crippen molar-refractivity contribution in [2.24, 2.45) is 5.73 Å². The summed E-state index contributed by atoms with van der Waals surface area (Å²) in [5.41, 5.74) is 7.47. The maximum Gasteiger partial charge on any atom is 0.230 e. The van der Waals surface area contributed by atoms with Crippen LogP contribution in [0.25, 0.3) is 0 Å². The summed E-state index contributed by atoms with van der Waals surface area (Å²) in [4.78, 5) is 13.8. The molecule has 0 bridgehead atoms. The van der Waals surface area contributed by atoms with E-state index in [1.807, 2.05) is 54.6 Å². The molecule has 4 nitrogen and oxygen atoms in total. The highest BCUT2D eigenvalue weighted by Crippen LogP contribution is 2.16. The molecule has 0 aromatic heterocycles. The van der Waals surface area contributed by atoms with Crippen LogP contribution in [-0.4, -0.2) is 19.6 Å². The number of carbonyl (C=O) groups is 1. The average molecular weight is 284 g/mol. The lowest BCUT2D eigenvalue weighted by Crippen LogP contribution is -2.27. The largest absolute Gasteiger partial charge is 0.493 e. The normalized spacial score (nSPS) is 10.2. The molecule has 2 aromatic rings. The van der Waals surface area contributed by atoms with Gasteiger partial charge in [0.05, 0.1) is 13.0 Å². The zero-order chi connectivity index (χ0) is 15.1. The monoisotopic (exact) mass is 284 g/mol. The van der Waals surface area contributed by atoms with Crippen LogP contribution < -0.4 is 15.4 Å². The van der Waals surface area contributed by atoms with Crippen molar-refractivity contribution in [2.45, 2.75) is 13.0 Å². The van der Waals surface area contributed by atoms with Crippen LogP contribution >= 0.6 is 0 Å². The first kappa shape index (κ1) is 15.1. The molecule has 2 N–H and O–H groups in total. The van der Waals surface area contributed by atoms with Crippen molar-refractivity contribution >= 4 is 11.6 Å². The second kappa shape index (κ2) is 7.45. The molecule has 0 aliphatic heterocycles. The fourth-order valence-electron chi connectivity index (χ4n) is 1.98. The van der Waals surface area contributed by atoms with Gasteiger partial charge in [0.2, 0.25) is 5.91 Å². The first-order valence-electron chi connectivity index (χ1n) is 6.94. The number of rotatable bonds is 6. The molecule has 0 saturated heterocycles. The van der Waals surface area contributed by atoms with Crippen LogP contribution in [0.1, 0.15) is 12.0 Å². The summed E-state index contributed by atoms with van der Waals surface area (Å²) in [7, 11) is 1.76. The maximum absolute atomic E-state index is 12.1. The van der Waals surface area contributed by atoms with E-state index < -0.39 is 0 Å². The van der Waals surface area contributed by atoms with E-state index in [-0.39, 0.29) is 5.91 Å². The third kappa shape index (κ3) is 4.33. The summed E-state index contributed by atoms with van der Waals surface area (Å²) in [5.74, 6) is 0.790. The van der Waals surface area contributed by atoms with Gasteiger partial charge >= 0.3 is 0 Å². The van der Waals surface area contributed by atoms with E-state index in [1.54, 1.807) is 11.9 Å². The fourth-order valence-corrected chi connectivity index (χ4v) is 1.98. The van der Waals surface area contributed by atoms with Gasteiger partial charge in [-0.15, -0.1) is 0 Å². The quantitative estimate of drug-likeness (QED) is 0.887. The standard InChI is InChI=1S/C17H20N2O2/c1-19(15-7-5-6-14(12-15)13-18)17(20)10-11-21-16-8-3-2-4-9-16/h2-9,12H,10-11,13,18H2,1H3. The SMILES string of the molecule is CN(C(=O)CCOc1ccccc1)c1cccc(CN)c1. The number of nitrogens with two attached hydrogens (primary N) is 1. The minimum absolute atomic E-state index is 0.0140. The average Bonchev–Trinajstić information content (AvgIpc) is 2.55. The number of benzene rings is 2. The van der Waals surface area contributed by atoms with E-state index in [0.29, 0.717) is 19.6 Å². The van der Waals surface area contributed by atoms with E-state index in [9.17, 15) is 4.79 Å². The van der Waals surface area contributed by atoms with Crippen molar-refractivity contribution in [3.8, 4) is 5.75 Å². The van der Waals surface area contributed by atoms with Gasteiger partial charge in [0.1, 0.15) is 5.75 Å². The molecular formula is C17H20N2O2. The molecule has 4 heteroatoms. The second-order valence-corrected chi connectivity index (χ2v) is 4.74. The second-order valence-electron chi connectivity index (χ2n) is 4.74. The Morgan fingerprint density at radius 3 is 2.62 bits per heavy atom. The van der Waals surface area contributed by atoms with Gasteiger partial charge in [-0.3, -0.25) is 4.79 Å². The molecule has 2 rings (SSSR count). The number of ether oxygens (including phenoxy) is 1. The Kier molecular flexibility index (Phi) is 5.35. The van der Waals surface area contributed by atoms with Crippen LogP contribution in [0.15, 0.2) is 54.6 Å². The van der Waals surface area contributed by atoms with E-state index in [1.165, 1.54) is 0 Å². The smallest absolute Gasteiger partial charge is 0.230 e. The van der Waals surface area contributed by atoms with E-state index in [4.69, 9.17) is 10.5 Å². The predicted molar refractivity (Wildman–Crippen MR) is 84.3 cm³/mol. The zero-order valence-corrected chi connectivity index (χ0v) is 12.2. The van der Waals surface area contributed by atoms with Crippen molar-refractivity contribution < 1.29 is 9.53 Å². The van der Waals surface area contributed by atoms with Crippen LogP contribution in [0.2, 0.25) is 0 Å². The van der Waals surface area contributed by atoms with Crippen molar-refractivity contribution in [1.82, 2.24) is 0 Å². The number of amides is 1. The molecule has 0 aliphatic rings. The van der Waals surface area contributed by atoms with Gasteiger partial charge in [-0.25, -0.2) is 0 Å². The maximum atomic E-state index is 12.1. The van der Waals surface area contributed by atoms with Crippen LogP contribution in [-0.2, 0) is 11.3 Å². The molecule has 0 aliphatic carbocycles. The van der Waals surface area contributed by atoms with Crippen molar-refractivity contribution in [2.75, 3.05) is 18.6 Å². The van der Waals surface area contributed by atoms with Crippen LogP contribution in [0, 0.1) is 0 Å². The molecule has 21 heavy (non-hydrogen) atoms. The first-order chi connectivity index (χ1) is 10.2. The highest BCUT2D eigenvalue weighted by atomic mass is 16.5. The van der Waals surface area contributed by atoms with Crippen LogP contribution in [0.4, 0.5) is 5.69 Å². The molecule has 0 atom stereocenters. The van der Waals surface area contributed by atoms with Gasteiger partial charge in [-0.2, -0.15) is 0 Å². The number of anilines is 1. The van der Waals surface area contributed by atoms with E-state index >= 15 is 0 Å². The molecule has 0 saturated carbocycles. The molecule has 0 fully saturated rings. The number of hydrogen-bond acceptors (Lipinski definition) is 3. The lowest BCUT2D eigenvalue weighted by molar-refractivity contribution is -0.118. The van der Waals surface area contributed by atoms with Crippen molar-refractivity contribution in [1.29, 1.82) is 0 Å². The number of carbonyl (C=O) groups excluding carboxylic acids is 1. The minimum atomic E-state index is 0.0140. The Labute approximate surface area is 125 Å². The molecular weight excluding hydrogens is 264 g/mol.